The van der Waals surface area contributed by atoms with Gasteiger partial charge in [0.15, 0.2) is 17.2 Å². The molecule has 31 heavy (non-hydrogen) atoms. The molecule has 3 aromatic carbocycles. The van der Waals surface area contributed by atoms with Gasteiger partial charge in [-0.25, -0.2) is 0 Å². The number of methoxy groups -OCH3 is 1. The van der Waals surface area contributed by atoms with E-state index in [0.29, 0.717) is 34.4 Å². The van der Waals surface area contributed by atoms with E-state index in [-0.39, 0.29) is 18.3 Å². The summed E-state index contributed by atoms with van der Waals surface area (Å²) in [7, 11) is 1.60. The molecule has 1 heterocycles. The van der Waals surface area contributed by atoms with Crippen molar-refractivity contribution in [3.8, 4) is 17.2 Å². The summed E-state index contributed by atoms with van der Waals surface area (Å²) in [6.45, 7) is 2.12. The van der Waals surface area contributed by atoms with E-state index in [9.17, 15) is 4.79 Å². The van der Waals surface area contributed by atoms with Crippen molar-refractivity contribution in [1.29, 1.82) is 0 Å². The quantitative estimate of drug-likeness (QED) is 0.524. The van der Waals surface area contributed by atoms with Gasteiger partial charge >= 0.3 is 0 Å². The van der Waals surface area contributed by atoms with E-state index in [1.165, 1.54) is 12.0 Å². The number of ether oxygens (including phenoxy) is 2. The Hall–Kier alpha value is -3.02. The number of para-hydroxylation sites is 4. The predicted octanol–water partition coefficient (Wildman–Crippen LogP) is 5.31. The van der Waals surface area contributed by atoms with Gasteiger partial charge in [-0.05, 0) is 73.8 Å². The second-order valence-corrected chi connectivity index (χ2v) is 7.47. The van der Waals surface area contributed by atoms with Gasteiger partial charge in [-0.1, -0.05) is 36.4 Å². The summed E-state index contributed by atoms with van der Waals surface area (Å²) >= 11 is 0. The fourth-order valence-electron chi connectivity index (χ4n) is 3.74. The minimum absolute atomic E-state index is 0. The smallest absolute Gasteiger partial charge is 0.255 e. The SMILES string of the molecule is COc1ccccc1Oc1ccccc1NC(=O)c1cccc(CC2CCNC2)c1.Cl. The average Bonchev–Trinajstić information content (AvgIpc) is 3.28. The Labute approximate surface area is 189 Å². The first kappa shape index (κ1) is 22.7. The fourth-order valence-corrected chi connectivity index (χ4v) is 3.74. The average molecular weight is 439 g/mol. The summed E-state index contributed by atoms with van der Waals surface area (Å²) in [6.07, 6.45) is 2.17. The Morgan fingerprint density at radius 3 is 2.48 bits per heavy atom. The van der Waals surface area contributed by atoms with Gasteiger partial charge in [0.1, 0.15) is 0 Å². The minimum atomic E-state index is -0.155. The number of rotatable bonds is 7. The minimum Gasteiger partial charge on any atom is -0.493 e. The normalized spacial score (nSPS) is 15.1. The highest BCUT2D eigenvalue weighted by molar-refractivity contribution is 6.05. The van der Waals surface area contributed by atoms with Crippen LogP contribution in [0.1, 0.15) is 22.3 Å². The lowest BCUT2D eigenvalue weighted by Crippen LogP contribution is -2.14. The number of benzene rings is 3. The Morgan fingerprint density at radius 1 is 1.00 bits per heavy atom. The summed E-state index contributed by atoms with van der Waals surface area (Å²) < 4.78 is 11.4. The molecule has 1 aliphatic rings. The maximum absolute atomic E-state index is 12.9. The third-order valence-corrected chi connectivity index (χ3v) is 5.30. The van der Waals surface area contributed by atoms with Gasteiger partial charge in [0.05, 0.1) is 12.8 Å². The van der Waals surface area contributed by atoms with E-state index in [1.807, 2.05) is 66.7 Å². The van der Waals surface area contributed by atoms with Gasteiger partial charge < -0.3 is 20.1 Å². The molecule has 0 bridgehead atoms. The molecule has 0 radical (unpaired) electrons. The van der Waals surface area contributed by atoms with Crippen molar-refractivity contribution in [2.24, 2.45) is 5.92 Å². The first-order chi connectivity index (χ1) is 14.7. The molecule has 0 saturated carbocycles. The van der Waals surface area contributed by atoms with Crippen LogP contribution in [0.25, 0.3) is 0 Å². The van der Waals surface area contributed by atoms with E-state index in [2.05, 4.69) is 16.7 Å². The van der Waals surface area contributed by atoms with Crippen LogP contribution in [0.15, 0.2) is 72.8 Å². The van der Waals surface area contributed by atoms with Gasteiger partial charge in [0, 0.05) is 5.56 Å². The van der Waals surface area contributed by atoms with Gasteiger partial charge in [0.2, 0.25) is 0 Å². The molecule has 1 atom stereocenters. The highest BCUT2D eigenvalue weighted by Crippen LogP contribution is 2.35. The first-order valence-electron chi connectivity index (χ1n) is 10.2. The lowest BCUT2D eigenvalue weighted by molar-refractivity contribution is 0.102. The van der Waals surface area contributed by atoms with Gasteiger partial charge in [-0.2, -0.15) is 0 Å². The van der Waals surface area contributed by atoms with Crippen LogP contribution in [0.2, 0.25) is 0 Å². The molecule has 3 aromatic rings. The van der Waals surface area contributed by atoms with E-state index < -0.39 is 0 Å². The molecule has 6 heteroatoms. The third-order valence-electron chi connectivity index (χ3n) is 5.30. The number of carbonyl (C=O) groups is 1. The molecule has 1 saturated heterocycles. The topological polar surface area (TPSA) is 59.6 Å². The maximum atomic E-state index is 12.9. The molecule has 1 amide bonds. The number of amides is 1. The molecule has 2 N–H and O–H groups in total. The zero-order chi connectivity index (χ0) is 20.8. The summed E-state index contributed by atoms with van der Waals surface area (Å²) in [5, 5.41) is 6.38. The van der Waals surface area contributed by atoms with E-state index in [0.717, 1.165) is 19.5 Å². The number of nitrogens with one attached hydrogen (secondary N) is 2. The summed E-state index contributed by atoms with van der Waals surface area (Å²) in [4.78, 5) is 12.9. The van der Waals surface area contributed by atoms with Crippen molar-refractivity contribution in [3.63, 3.8) is 0 Å². The summed E-state index contributed by atoms with van der Waals surface area (Å²) in [5.74, 6) is 2.26. The van der Waals surface area contributed by atoms with Crippen molar-refractivity contribution < 1.29 is 14.3 Å². The molecule has 0 aromatic heterocycles. The second-order valence-electron chi connectivity index (χ2n) is 7.47. The van der Waals surface area contributed by atoms with Crippen molar-refractivity contribution >= 4 is 24.0 Å². The van der Waals surface area contributed by atoms with Crippen molar-refractivity contribution in [1.82, 2.24) is 5.32 Å². The molecular weight excluding hydrogens is 412 g/mol. The number of anilines is 1. The van der Waals surface area contributed by atoms with Crippen LogP contribution >= 0.6 is 12.4 Å². The van der Waals surface area contributed by atoms with E-state index in [4.69, 9.17) is 9.47 Å². The maximum Gasteiger partial charge on any atom is 0.255 e. The van der Waals surface area contributed by atoms with Gasteiger partial charge in [-0.3, -0.25) is 4.79 Å². The van der Waals surface area contributed by atoms with E-state index >= 15 is 0 Å². The van der Waals surface area contributed by atoms with Crippen LogP contribution in [0, 0.1) is 5.92 Å². The largest absolute Gasteiger partial charge is 0.493 e. The highest BCUT2D eigenvalue weighted by atomic mass is 35.5. The fraction of sp³-hybridized carbons (Fsp3) is 0.240. The molecule has 1 aliphatic heterocycles. The zero-order valence-electron chi connectivity index (χ0n) is 17.5. The number of hydrogen-bond donors (Lipinski definition) is 2. The number of carbonyl (C=O) groups excluding carboxylic acids is 1. The third kappa shape index (κ3) is 5.78. The highest BCUT2D eigenvalue weighted by Gasteiger charge is 2.16. The Morgan fingerprint density at radius 2 is 1.74 bits per heavy atom. The monoisotopic (exact) mass is 438 g/mol. The van der Waals surface area contributed by atoms with Crippen molar-refractivity contribution in [2.75, 3.05) is 25.5 Å². The van der Waals surface area contributed by atoms with Gasteiger partial charge in [0.25, 0.3) is 5.91 Å². The zero-order valence-corrected chi connectivity index (χ0v) is 18.3. The summed E-state index contributed by atoms with van der Waals surface area (Å²) in [5.41, 5.74) is 2.44. The van der Waals surface area contributed by atoms with Crippen LogP contribution in [-0.2, 0) is 6.42 Å². The van der Waals surface area contributed by atoms with Crippen molar-refractivity contribution in [2.45, 2.75) is 12.8 Å². The van der Waals surface area contributed by atoms with Crippen LogP contribution in [0.4, 0.5) is 5.69 Å². The first-order valence-corrected chi connectivity index (χ1v) is 10.2. The van der Waals surface area contributed by atoms with Crippen LogP contribution in [-0.4, -0.2) is 26.1 Å². The van der Waals surface area contributed by atoms with E-state index in [1.54, 1.807) is 7.11 Å². The molecular formula is C25H27ClN2O3. The standard InChI is InChI=1S/C25H26N2O3.ClH/c1-29-23-11-4-5-12-24(23)30-22-10-3-2-9-21(22)27-25(28)20-8-6-7-18(16-20)15-19-13-14-26-17-19;/h2-12,16,19,26H,13-15,17H2,1H3,(H,27,28);1H. The molecule has 162 valence electrons. The number of halogens is 1. The van der Waals surface area contributed by atoms with Crippen LogP contribution in [0.5, 0.6) is 17.2 Å². The second kappa shape index (κ2) is 10.8. The van der Waals surface area contributed by atoms with Crippen LogP contribution in [0.3, 0.4) is 0 Å². The Bertz CT molecular complexity index is 1020. The lowest BCUT2D eigenvalue weighted by Gasteiger charge is -2.14. The Kier molecular flexibility index (Phi) is 7.93. The molecule has 0 spiro atoms. The summed E-state index contributed by atoms with van der Waals surface area (Å²) in [6, 6.07) is 22.7. The number of hydrogen-bond acceptors (Lipinski definition) is 4. The molecule has 1 fully saturated rings. The van der Waals surface area contributed by atoms with Crippen molar-refractivity contribution in [3.05, 3.63) is 83.9 Å². The molecule has 0 aliphatic carbocycles. The molecule has 4 rings (SSSR count). The van der Waals surface area contributed by atoms with Gasteiger partial charge in [-0.15, -0.1) is 12.4 Å². The molecule has 1 unspecified atom stereocenters. The lowest BCUT2D eigenvalue weighted by atomic mass is 9.97. The molecule has 5 nitrogen and oxygen atoms in total. The predicted molar refractivity (Wildman–Crippen MR) is 126 cm³/mol. The Balaban J connectivity index is 0.00000272. The van der Waals surface area contributed by atoms with Crippen LogP contribution < -0.4 is 20.1 Å².